The van der Waals surface area contributed by atoms with E-state index >= 15 is 0 Å². The number of aromatic nitrogens is 2. The molecule has 1 fully saturated rings. The molecule has 0 spiro atoms. The molecule has 0 radical (unpaired) electrons. The maximum absolute atomic E-state index is 12.3. The van der Waals surface area contributed by atoms with Crippen LogP contribution in [0.2, 0.25) is 0 Å². The molecule has 2 N–H and O–H groups in total. The van der Waals surface area contributed by atoms with Gasteiger partial charge in [-0.3, -0.25) is 19.6 Å². The fourth-order valence-corrected chi connectivity index (χ4v) is 2.15. The molecule has 2 rings (SSSR count). The maximum Gasteiger partial charge on any atom is 0.307 e. The molecule has 1 unspecified atom stereocenters. The van der Waals surface area contributed by atoms with Gasteiger partial charge in [0.2, 0.25) is 5.91 Å². The van der Waals surface area contributed by atoms with Crippen LogP contribution in [0.3, 0.4) is 0 Å². The van der Waals surface area contributed by atoms with Crippen molar-refractivity contribution in [3.05, 3.63) is 22.5 Å². The molecule has 8 nitrogen and oxygen atoms in total. The lowest BCUT2D eigenvalue weighted by Crippen LogP contribution is -2.52. The number of hydrogen-bond donors (Lipinski definition) is 2. The normalized spacial score (nSPS) is 18.7. The van der Waals surface area contributed by atoms with Gasteiger partial charge in [0.25, 0.3) is 0 Å². The summed E-state index contributed by atoms with van der Waals surface area (Å²) in [5.41, 5.74) is -1.09. The Balaban J connectivity index is 0.00000220. The molecule has 9 heteroatoms. The third-order valence-electron chi connectivity index (χ3n) is 3.54. The molecule has 1 aliphatic rings. The Morgan fingerprint density at radius 1 is 1.62 bits per heavy atom. The van der Waals surface area contributed by atoms with Gasteiger partial charge in [0.15, 0.2) is 0 Å². The molecule has 0 bridgehead atoms. The van der Waals surface area contributed by atoms with Crippen LogP contribution in [0, 0.1) is 10.1 Å². The Labute approximate surface area is 128 Å². The molecule has 21 heavy (non-hydrogen) atoms. The van der Waals surface area contributed by atoms with Gasteiger partial charge < -0.3 is 10.6 Å². The van der Waals surface area contributed by atoms with E-state index in [1.165, 1.54) is 10.9 Å². The number of nitro groups is 1. The molecule has 0 aromatic carbocycles. The van der Waals surface area contributed by atoms with E-state index in [1.807, 2.05) is 0 Å². The first-order valence-electron chi connectivity index (χ1n) is 6.62. The number of carbonyl (C=O) groups excluding carboxylic acids is 1. The number of piperidine rings is 1. The molecular formula is C12H20ClN5O3. The van der Waals surface area contributed by atoms with Crippen molar-refractivity contribution in [3.63, 3.8) is 0 Å². The van der Waals surface area contributed by atoms with Crippen molar-refractivity contribution in [1.29, 1.82) is 0 Å². The van der Waals surface area contributed by atoms with Crippen LogP contribution in [-0.4, -0.2) is 39.7 Å². The second-order valence-electron chi connectivity index (χ2n) is 5.48. The third-order valence-corrected chi connectivity index (χ3v) is 3.54. The summed E-state index contributed by atoms with van der Waals surface area (Å²) in [7, 11) is 0. The van der Waals surface area contributed by atoms with E-state index in [0.717, 1.165) is 32.1 Å². The van der Waals surface area contributed by atoms with E-state index in [0.29, 0.717) is 0 Å². The zero-order valence-corrected chi connectivity index (χ0v) is 12.9. The highest BCUT2D eigenvalue weighted by Gasteiger charge is 2.33. The third kappa shape index (κ3) is 3.92. The summed E-state index contributed by atoms with van der Waals surface area (Å²) in [6.07, 6.45) is 4.39. The molecule has 1 aliphatic heterocycles. The molecule has 1 amide bonds. The Morgan fingerprint density at radius 2 is 2.33 bits per heavy atom. The topological polar surface area (TPSA) is 102 Å². The number of amides is 1. The van der Waals surface area contributed by atoms with E-state index in [9.17, 15) is 14.9 Å². The van der Waals surface area contributed by atoms with Gasteiger partial charge in [0.05, 0.1) is 4.92 Å². The van der Waals surface area contributed by atoms with Gasteiger partial charge in [-0.15, -0.1) is 12.4 Å². The standard InChI is InChI=1S/C12H19N5O3.ClH/c1-12(2,16-8-10(7-14-16)17(19)20)11(18)15-9-4-3-5-13-6-9;/h7-9,13H,3-6H2,1-2H3,(H,15,18);1H. The minimum Gasteiger partial charge on any atom is -0.350 e. The fraction of sp³-hybridized carbons (Fsp3) is 0.667. The van der Waals surface area contributed by atoms with E-state index in [4.69, 9.17) is 0 Å². The zero-order chi connectivity index (χ0) is 14.8. The number of nitrogens with zero attached hydrogens (tertiary/aromatic N) is 3. The van der Waals surface area contributed by atoms with E-state index in [2.05, 4.69) is 15.7 Å². The monoisotopic (exact) mass is 317 g/mol. The van der Waals surface area contributed by atoms with Crippen molar-refractivity contribution in [3.8, 4) is 0 Å². The molecule has 0 saturated carbocycles. The number of rotatable bonds is 4. The van der Waals surface area contributed by atoms with Crippen LogP contribution < -0.4 is 10.6 Å². The number of nitrogens with one attached hydrogen (secondary N) is 2. The lowest BCUT2D eigenvalue weighted by Gasteiger charge is -2.29. The first-order valence-corrected chi connectivity index (χ1v) is 6.62. The quantitative estimate of drug-likeness (QED) is 0.632. The second-order valence-corrected chi connectivity index (χ2v) is 5.48. The molecule has 0 aliphatic carbocycles. The molecular weight excluding hydrogens is 298 g/mol. The first kappa shape index (κ1) is 17.4. The summed E-state index contributed by atoms with van der Waals surface area (Å²) in [5, 5.41) is 20.8. The lowest BCUT2D eigenvalue weighted by atomic mass is 10.0. The SMILES string of the molecule is CC(C)(C(=O)NC1CCCNC1)n1cc([N+](=O)[O-])cn1.Cl. The van der Waals surface area contributed by atoms with Crippen molar-refractivity contribution in [2.24, 2.45) is 0 Å². The molecule has 118 valence electrons. The smallest absolute Gasteiger partial charge is 0.307 e. The van der Waals surface area contributed by atoms with E-state index in [1.54, 1.807) is 13.8 Å². The van der Waals surface area contributed by atoms with Crippen molar-refractivity contribution in [2.75, 3.05) is 13.1 Å². The molecule has 1 saturated heterocycles. The Bertz CT molecular complexity index is 511. The van der Waals surface area contributed by atoms with Crippen molar-refractivity contribution in [2.45, 2.75) is 38.3 Å². The van der Waals surface area contributed by atoms with Gasteiger partial charge >= 0.3 is 5.69 Å². The van der Waals surface area contributed by atoms with Crippen LogP contribution in [0.25, 0.3) is 0 Å². The maximum atomic E-state index is 12.3. The summed E-state index contributed by atoms with van der Waals surface area (Å²) in [5.74, 6) is -0.191. The summed E-state index contributed by atoms with van der Waals surface area (Å²) < 4.78 is 1.33. The largest absolute Gasteiger partial charge is 0.350 e. The minimum absolute atomic E-state index is 0. The average molecular weight is 318 g/mol. The van der Waals surface area contributed by atoms with Gasteiger partial charge in [0.1, 0.15) is 17.9 Å². The highest BCUT2D eigenvalue weighted by molar-refractivity contribution is 5.85. The van der Waals surface area contributed by atoms with Gasteiger partial charge in [-0.25, -0.2) is 0 Å². The van der Waals surface area contributed by atoms with Crippen LogP contribution in [0.1, 0.15) is 26.7 Å². The second kappa shape index (κ2) is 6.86. The highest BCUT2D eigenvalue weighted by Crippen LogP contribution is 2.19. The van der Waals surface area contributed by atoms with E-state index in [-0.39, 0.29) is 30.0 Å². The predicted molar refractivity (Wildman–Crippen MR) is 79.5 cm³/mol. The first-order chi connectivity index (χ1) is 9.41. The predicted octanol–water partition coefficient (Wildman–Crippen LogP) is 0.816. The van der Waals surface area contributed by atoms with Crippen LogP contribution in [0.15, 0.2) is 12.4 Å². The summed E-state index contributed by atoms with van der Waals surface area (Å²) in [6.45, 7) is 5.10. The van der Waals surface area contributed by atoms with Crippen LogP contribution in [-0.2, 0) is 10.3 Å². The van der Waals surface area contributed by atoms with Crippen molar-refractivity contribution < 1.29 is 9.72 Å². The van der Waals surface area contributed by atoms with Gasteiger partial charge in [0, 0.05) is 12.6 Å². The van der Waals surface area contributed by atoms with Gasteiger partial charge in [-0.2, -0.15) is 5.10 Å². The van der Waals surface area contributed by atoms with Crippen LogP contribution in [0.5, 0.6) is 0 Å². The number of hydrogen-bond acceptors (Lipinski definition) is 5. The van der Waals surface area contributed by atoms with E-state index < -0.39 is 10.5 Å². The molecule has 2 heterocycles. The van der Waals surface area contributed by atoms with Crippen LogP contribution >= 0.6 is 12.4 Å². The molecule has 1 atom stereocenters. The molecule has 1 aromatic heterocycles. The van der Waals surface area contributed by atoms with Gasteiger partial charge in [-0.05, 0) is 33.2 Å². The lowest BCUT2D eigenvalue weighted by molar-refractivity contribution is -0.385. The Kier molecular flexibility index (Phi) is 5.68. The minimum atomic E-state index is -0.967. The van der Waals surface area contributed by atoms with Crippen LogP contribution in [0.4, 0.5) is 5.69 Å². The Hall–Kier alpha value is -1.67. The number of carbonyl (C=O) groups is 1. The highest BCUT2D eigenvalue weighted by atomic mass is 35.5. The Morgan fingerprint density at radius 3 is 2.86 bits per heavy atom. The summed E-state index contributed by atoms with van der Waals surface area (Å²) >= 11 is 0. The number of halogens is 1. The van der Waals surface area contributed by atoms with Crippen molar-refractivity contribution in [1.82, 2.24) is 20.4 Å². The zero-order valence-electron chi connectivity index (χ0n) is 12.0. The molecule has 1 aromatic rings. The average Bonchev–Trinajstić information content (AvgIpc) is 2.90. The fourth-order valence-electron chi connectivity index (χ4n) is 2.15. The van der Waals surface area contributed by atoms with Crippen molar-refractivity contribution >= 4 is 24.0 Å². The van der Waals surface area contributed by atoms with Gasteiger partial charge in [-0.1, -0.05) is 0 Å². The summed E-state index contributed by atoms with van der Waals surface area (Å²) in [4.78, 5) is 22.5. The summed E-state index contributed by atoms with van der Waals surface area (Å²) in [6, 6.07) is 0.0982.